The summed E-state index contributed by atoms with van der Waals surface area (Å²) in [6, 6.07) is 0. The molecule has 0 spiro atoms. The van der Waals surface area contributed by atoms with Gasteiger partial charge in [-0.2, -0.15) is 0 Å². The van der Waals surface area contributed by atoms with Gasteiger partial charge in [-0.05, 0) is 18.8 Å². The fraction of sp³-hybridized carbons (Fsp3) is 0.929. The number of carbonyl (C=O) groups excluding carboxylic acids is 1. The average molecular weight is 296 g/mol. The van der Waals surface area contributed by atoms with Gasteiger partial charge in [0.05, 0.1) is 5.38 Å². The summed E-state index contributed by atoms with van der Waals surface area (Å²) < 4.78 is 26.5. The highest BCUT2D eigenvalue weighted by atomic mass is 35.5. The van der Waals surface area contributed by atoms with Crippen molar-refractivity contribution in [2.75, 3.05) is 6.54 Å². The molecule has 0 aliphatic heterocycles. The third kappa shape index (κ3) is 5.25. The van der Waals surface area contributed by atoms with Crippen molar-refractivity contribution in [3.8, 4) is 0 Å². The van der Waals surface area contributed by atoms with Gasteiger partial charge in [-0.15, -0.1) is 11.6 Å². The molecule has 0 saturated heterocycles. The standard InChI is InChI=1S/C14H24ClF2NO/c1-3-10(4-2)12(15)9-18-13(19)11-6-5-7-14(16,17)8-11/h10-12H,3-9H2,1-2H3,(H,18,19). The first kappa shape index (κ1) is 16.7. The third-order valence-electron chi connectivity index (χ3n) is 4.04. The van der Waals surface area contributed by atoms with Crippen LogP contribution in [-0.2, 0) is 4.79 Å². The van der Waals surface area contributed by atoms with Crippen LogP contribution >= 0.6 is 11.6 Å². The molecule has 0 aromatic heterocycles. The number of amides is 1. The topological polar surface area (TPSA) is 29.1 Å². The highest BCUT2D eigenvalue weighted by Gasteiger charge is 2.39. The van der Waals surface area contributed by atoms with Crippen LogP contribution < -0.4 is 5.32 Å². The maximum absolute atomic E-state index is 13.2. The predicted octanol–water partition coefficient (Wildman–Crippen LogP) is 3.97. The molecule has 0 aromatic carbocycles. The zero-order valence-corrected chi connectivity index (χ0v) is 12.5. The molecule has 2 atom stereocenters. The van der Waals surface area contributed by atoms with Crippen LogP contribution in [0.2, 0.25) is 0 Å². The molecule has 1 amide bonds. The minimum absolute atomic E-state index is 0.0946. The molecule has 19 heavy (non-hydrogen) atoms. The number of nitrogens with one attached hydrogen (secondary N) is 1. The smallest absolute Gasteiger partial charge is 0.248 e. The van der Waals surface area contributed by atoms with Gasteiger partial charge in [-0.1, -0.05) is 26.7 Å². The Hall–Kier alpha value is -0.380. The van der Waals surface area contributed by atoms with Crippen molar-refractivity contribution in [2.24, 2.45) is 11.8 Å². The van der Waals surface area contributed by atoms with E-state index in [9.17, 15) is 13.6 Å². The monoisotopic (exact) mass is 295 g/mol. The summed E-state index contributed by atoms with van der Waals surface area (Å²) in [5.74, 6) is -3.16. The van der Waals surface area contributed by atoms with Gasteiger partial charge in [0, 0.05) is 25.3 Å². The molecule has 0 heterocycles. The maximum Gasteiger partial charge on any atom is 0.248 e. The summed E-state index contributed by atoms with van der Waals surface area (Å²) >= 11 is 6.22. The van der Waals surface area contributed by atoms with E-state index in [-0.39, 0.29) is 24.1 Å². The number of rotatable bonds is 6. The van der Waals surface area contributed by atoms with Crippen LogP contribution in [0.1, 0.15) is 52.4 Å². The van der Waals surface area contributed by atoms with E-state index in [1.165, 1.54) is 0 Å². The highest BCUT2D eigenvalue weighted by molar-refractivity contribution is 6.21. The summed E-state index contributed by atoms with van der Waals surface area (Å²) in [7, 11) is 0. The van der Waals surface area contributed by atoms with Gasteiger partial charge in [0.1, 0.15) is 0 Å². The van der Waals surface area contributed by atoms with Crippen LogP contribution in [0, 0.1) is 11.8 Å². The van der Waals surface area contributed by atoms with Crippen molar-refractivity contribution < 1.29 is 13.6 Å². The zero-order valence-electron chi connectivity index (χ0n) is 11.7. The second kappa shape index (κ2) is 7.41. The largest absolute Gasteiger partial charge is 0.354 e. The van der Waals surface area contributed by atoms with Gasteiger partial charge in [-0.25, -0.2) is 8.78 Å². The summed E-state index contributed by atoms with van der Waals surface area (Å²) in [5.41, 5.74) is 0. The van der Waals surface area contributed by atoms with Crippen molar-refractivity contribution in [2.45, 2.75) is 63.7 Å². The Morgan fingerprint density at radius 2 is 2.05 bits per heavy atom. The Labute approximate surface area is 119 Å². The molecule has 2 unspecified atom stereocenters. The van der Waals surface area contributed by atoms with Crippen molar-refractivity contribution in [3.05, 3.63) is 0 Å². The van der Waals surface area contributed by atoms with Crippen molar-refractivity contribution in [1.29, 1.82) is 0 Å². The fourth-order valence-electron chi connectivity index (χ4n) is 2.70. The summed E-state index contributed by atoms with van der Waals surface area (Å²) in [6.45, 7) is 4.49. The van der Waals surface area contributed by atoms with Crippen molar-refractivity contribution >= 4 is 17.5 Å². The molecular formula is C14H24ClF2NO. The second-order valence-electron chi connectivity index (χ2n) is 5.49. The predicted molar refractivity (Wildman–Crippen MR) is 73.6 cm³/mol. The van der Waals surface area contributed by atoms with Gasteiger partial charge in [-0.3, -0.25) is 4.79 Å². The van der Waals surface area contributed by atoms with E-state index >= 15 is 0 Å². The van der Waals surface area contributed by atoms with E-state index < -0.39 is 11.8 Å². The van der Waals surface area contributed by atoms with Gasteiger partial charge in [0.2, 0.25) is 11.8 Å². The lowest BCUT2D eigenvalue weighted by Gasteiger charge is -2.28. The molecule has 0 bridgehead atoms. The van der Waals surface area contributed by atoms with Crippen LogP contribution in [0.5, 0.6) is 0 Å². The van der Waals surface area contributed by atoms with E-state index in [1.54, 1.807) is 0 Å². The molecule has 2 nitrogen and oxygen atoms in total. The van der Waals surface area contributed by atoms with E-state index in [0.717, 1.165) is 12.8 Å². The van der Waals surface area contributed by atoms with Crippen LogP contribution in [0.4, 0.5) is 8.78 Å². The van der Waals surface area contributed by atoms with Crippen molar-refractivity contribution in [1.82, 2.24) is 5.32 Å². The number of hydrogen-bond donors (Lipinski definition) is 1. The normalized spacial score (nSPS) is 24.2. The van der Waals surface area contributed by atoms with Crippen LogP contribution in [-0.4, -0.2) is 23.8 Å². The molecule has 0 aromatic rings. The molecular weight excluding hydrogens is 272 g/mol. The Kier molecular flexibility index (Phi) is 6.51. The lowest BCUT2D eigenvalue weighted by Crippen LogP contribution is -2.40. The molecule has 1 N–H and O–H groups in total. The van der Waals surface area contributed by atoms with Gasteiger partial charge in [0.15, 0.2) is 0 Å². The van der Waals surface area contributed by atoms with Crippen molar-refractivity contribution in [3.63, 3.8) is 0 Å². The quantitative estimate of drug-likeness (QED) is 0.738. The number of carbonyl (C=O) groups is 1. The van der Waals surface area contributed by atoms with E-state index in [4.69, 9.17) is 11.6 Å². The zero-order chi connectivity index (χ0) is 14.5. The second-order valence-corrected chi connectivity index (χ2v) is 6.05. The lowest BCUT2D eigenvalue weighted by atomic mass is 9.86. The first-order valence-corrected chi connectivity index (χ1v) is 7.62. The summed E-state index contributed by atoms with van der Waals surface area (Å²) in [5, 5.41) is 2.61. The molecule has 1 aliphatic carbocycles. The van der Waals surface area contributed by atoms with Crippen LogP contribution in [0.15, 0.2) is 0 Å². The van der Waals surface area contributed by atoms with E-state index in [2.05, 4.69) is 19.2 Å². The SMILES string of the molecule is CCC(CC)C(Cl)CNC(=O)C1CCCC(F)(F)C1. The molecule has 1 aliphatic rings. The molecule has 0 radical (unpaired) electrons. The Bertz CT molecular complexity index is 295. The van der Waals surface area contributed by atoms with Crippen LogP contribution in [0.25, 0.3) is 0 Å². The number of alkyl halides is 3. The van der Waals surface area contributed by atoms with Crippen LogP contribution in [0.3, 0.4) is 0 Å². The first-order valence-electron chi connectivity index (χ1n) is 7.19. The molecule has 1 rings (SSSR count). The van der Waals surface area contributed by atoms with Gasteiger partial charge < -0.3 is 5.32 Å². The Balaban J connectivity index is 2.38. The first-order chi connectivity index (χ1) is 8.89. The summed E-state index contributed by atoms with van der Waals surface area (Å²) in [4.78, 5) is 11.9. The molecule has 112 valence electrons. The minimum atomic E-state index is -2.68. The average Bonchev–Trinajstić information content (AvgIpc) is 2.36. The number of hydrogen-bond acceptors (Lipinski definition) is 1. The molecule has 1 saturated carbocycles. The molecule has 5 heteroatoms. The Morgan fingerprint density at radius 3 is 2.58 bits per heavy atom. The number of halogens is 3. The maximum atomic E-state index is 13.2. The van der Waals surface area contributed by atoms with E-state index in [0.29, 0.717) is 25.3 Å². The summed E-state index contributed by atoms with van der Waals surface area (Å²) in [6.07, 6.45) is 2.48. The lowest BCUT2D eigenvalue weighted by molar-refractivity contribution is -0.132. The Morgan fingerprint density at radius 1 is 1.42 bits per heavy atom. The minimum Gasteiger partial charge on any atom is -0.354 e. The fourth-order valence-corrected chi connectivity index (χ4v) is 3.14. The molecule has 1 fully saturated rings. The highest BCUT2D eigenvalue weighted by Crippen LogP contribution is 2.36. The van der Waals surface area contributed by atoms with Gasteiger partial charge in [0.25, 0.3) is 0 Å². The van der Waals surface area contributed by atoms with Gasteiger partial charge >= 0.3 is 0 Å². The van der Waals surface area contributed by atoms with E-state index in [1.807, 2.05) is 0 Å². The third-order valence-corrected chi connectivity index (χ3v) is 4.55.